The Hall–Kier alpha value is -3.03. The molecule has 1 saturated heterocycles. The lowest BCUT2D eigenvalue weighted by Gasteiger charge is -2.22. The van der Waals surface area contributed by atoms with Crippen molar-refractivity contribution in [2.75, 3.05) is 7.11 Å². The van der Waals surface area contributed by atoms with E-state index in [4.69, 9.17) is 4.74 Å². The van der Waals surface area contributed by atoms with Crippen molar-refractivity contribution in [3.05, 3.63) is 65.2 Å². The van der Waals surface area contributed by atoms with Gasteiger partial charge in [-0.25, -0.2) is 4.79 Å². The molecule has 1 heterocycles. The number of hydrogen-bond acceptors (Lipinski definition) is 3. The summed E-state index contributed by atoms with van der Waals surface area (Å²) in [6.45, 7) is 1.47. The number of carbonyl (C=O) groups is 2. The summed E-state index contributed by atoms with van der Waals surface area (Å²) in [5.74, 6) is 0.137. The van der Waals surface area contributed by atoms with Crippen LogP contribution in [0.15, 0.2) is 48.5 Å². The Labute approximate surface area is 153 Å². The van der Waals surface area contributed by atoms with Crippen LogP contribution in [0.25, 0.3) is 0 Å². The monoisotopic (exact) mass is 378 g/mol. The van der Waals surface area contributed by atoms with Gasteiger partial charge in [0.05, 0.1) is 19.2 Å². The molecule has 0 saturated carbocycles. The Morgan fingerprint density at radius 1 is 1.04 bits per heavy atom. The first-order chi connectivity index (χ1) is 12.6. The van der Waals surface area contributed by atoms with E-state index in [0.29, 0.717) is 16.9 Å². The predicted octanol–water partition coefficient (Wildman–Crippen LogP) is 3.68. The van der Waals surface area contributed by atoms with E-state index in [0.717, 1.165) is 17.0 Å². The molecule has 3 rings (SSSR count). The van der Waals surface area contributed by atoms with Crippen molar-refractivity contribution in [2.24, 2.45) is 0 Å². The van der Waals surface area contributed by atoms with Crippen LogP contribution in [-0.4, -0.2) is 23.9 Å². The zero-order chi connectivity index (χ0) is 19.8. The molecule has 2 aromatic carbocycles. The number of imide groups is 1. The van der Waals surface area contributed by atoms with Gasteiger partial charge in [0.25, 0.3) is 5.91 Å². The van der Waals surface area contributed by atoms with Crippen LogP contribution >= 0.6 is 0 Å². The lowest BCUT2D eigenvalue weighted by atomic mass is 9.92. The third-order valence-corrected chi connectivity index (χ3v) is 4.56. The third-order valence-electron chi connectivity index (χ3n) is 4.56. The number of methoxy groups -OCH3 is 1. The summed E-state index contributed by atoms with van der Waals surface area (Å²) >= 11 is 0. The summed E-state index contributed by atoms with van der Waals surface area (Å²) < 4.78 is 43.0. The van der Waals surface area contributed by atoms with Crippen LogP contribution in [0, 0.1) is 0 Å². The topological polar surface area (TPSA) is 58.6 Å². The molecule has 0 radical (unpaired) electrons. The predicted molar refractivity (Wildman–Crippen MR) is 90.9 cm³/mol. The summed E-state index contributed by atoms with van der Waals surface area (Å²) in [6.07, 6.45) is -4.44. The van der Waals surface area contributed by atoms with Crippen LogP contribution in [0.5, 0.6) is 5.75 Å². The molecule has 8 heteroatoms. The minimum absolute atomic E-state index is 0.117. The summed E-state index contributed by atoms with van der Waals surface area (Å²) in [4.78, 5) is 26.2. The number of nitrogens with one attached hydrogen (secondary N) is 1. The number of amides is 3. The van der Waals surface area contributed by atoms with Crippen molar-refractivity contribution in [3.8, 4) is 5.75 Å². The fourth-order valence-corrected chi connectivity index (χ4v) is 2.94. The maximum absolute atomic E-state index is 12.9. The van der Waals surface area contributed by atoms with Crippen LogP contribution in [0.3, 0.4) is 0 Å². The fraction of sp³-hybridized carbons (Fsp3) is 0.263. The van der Waals surface area contributed by atoms with E-state index in [2.05, 4.69) is 5.32 Å². The molecule has 1 unspecified atom stereocenters. The lowest BCUT2D eigenvalue weighted by molar-refractivity contribution is -0.137. The number of carbonyl (C=O) groups excluding carboxylic acids is 2. The number of hydrogen-bond donors (Lipinski definition) is 1. The highest BCUT2D eigenvalue weighted by molar-refractivity contribution is 6.07. The Morgan fingerprint density at radius 2 is 1.63 bits per heavy atom. The van der Waals surface area contributed by atoms with Gasteiger partial charge in [0.2, 0.25) is 0 Å². The maximum atomic E-state index is 12.9. The van der Waals surface area contributed by atoms with Gasteiger partial charge in [-0.15, -0.1) is 0 Å². The minimum atomic E-state index is -4.44. The standard InChI is InChI=1S/C19H17F3N2O3/c1-18(13-7-9-15(27-2)10-8-13)16(25)24(17(26)23-18)11-12-3-5-14(6-4-12)19(20,21)22/h3-10H,11H2,1-2H3,(H,23,26). The molecule has 5 nitrogen and oxygen atoms in total. The van der Waals surface area contributed by atoms with E-state index in [-0.39, 0.29) is 6.54 Å². The first-order valence-electron chi connectivity index (χ1n) is 8.10. The van der Waals surface area contributed by atoms with Crippen LogP contribution < -0.4 is 10.1 Å². The van der Waals surface area contributed by atoms with E-state index < -0.39 is 29.2 Å². The summed E-state index contributed by atoms with van der Waals surface area (Å²) in [5, 5.41) is 2.66. The van der Waals surface area contributed by atoms with Crippen LogP contribution in [0.1, 0.15) is 23.6 Å². The molecule has 1 N–H and O–H groups in total. The molecule has 2 aromatic rings. The number of halogens is 3. The molecular weight excluding hydrogens is 361 g/mol. The van der Waals surface area contributed by atoms with Gasteiger partial charge < -0.3 is 10.1 Å². The smallest absolute Gasteiger partial charge is 0.416 e. The second-order valence-corrected chi connectivity index (χ2v) is 6.37. The highest BCUT2D eigenvalue weighted by atomic mass is 19.4. The van der Waals surface area contributed by atoms with Gasteiger partial charge in [0, 0.05) is 0 Å². The highest BCUT2D eigenvalue weighted by Gasteiger charge is 2.48. The van der Waals surface area contributed by atoms with Crippen molar-refractivity contribution in [1.29, 1.82) is 0 Å². The first-order valence-corrected chi connectivity index (χ1v) is 8.10. The number of nitrogens with zero attached hydrogens (tertiary/aromatic N) is 1. The van der Waals surface area contributed by atoms with Crippen LogP contribution in [-0.2, 0) is 23.1 Å². The van der Waals surface area contributed by atoms with Crippen molar-refractivity contribution in [2.45, 2.75) is 25.2 Å². The van der Waals surface area contributed by atoms with Crippen molar-refractivity contribution >= 4 is 11.9 Å². The van der Waals surface area contributed by atoms with Crippen molar-refractivity contribution in [1.82, 2.24) is 10.2 Å². The van der Waals surface area contributed by atoms with E-state index in [1.165, 1.54) is 19.2 Å². The molecule has 1 aliphatic rings. The number of urea groups is 1. The van der Waals surface area contributed by atoms with E-state index >= 15 is 0 Å². The molecule has 0 spiro atoms. The second kappa shape index (κ2) is 6.61. The minimum Gasteiger partial charge on any atom is -0.497 e. The molecule has 0 aromatic heterocycles. The van der Waals surface area contributed by atoms with Gasteiger partial charge in [-0.2, -0.15) is 13.2 Å². The molecule has 1 fully saturated rings. The SMILES string of the molecule is COc1ccc(C2(C)NC(=O)N(Cc3ccc(C(F)(F)F)cc3)C2=O)cc1. The van der Waals surface area contributed by atoms with E-state index in [1.807, 2.05) is 0 Å². The lowest BCUT2D eigenvalue weighted by Crippen LogP contribution is -2.40. The Morgan fingerprint density at radius 3 is 2.15 bits per heavy atom. The van der Waals surface area contributed by atoms with E-state index in [9.17, 15) is 22.8 Å². The van der Waals surface area contributed by atoms with Gasteiger partial charge in [-0.1, -0.05) is 24.3 Å². The number of benzene rings is 2. The van der Waals surface area contributed by atoms with Crippen LogP contribution in [0.2, 0.25) is 0 Å². The highest BCUT2D eigenvalue weighted by Crippen LogP contribution is 2.32. The Balaban J connectivity index is 1.81. The average Bonchev–Trinajstić information content (AvgIpc) is 2.85. The Kier molecular flexibility index (Phi) is 4.59. The summed E-state index contributed by atoms with van der Waals surface area (Å²) in [5.41, 5.74) is -1.04. The van der Waals surface area contributed by atoms with Gasteiger partial charge >= 0.3 is 12.2 Å². The zero-order valence-corrected chi connectivity index (χ0v) is 14.6. The number of rotatable bonds is 4. The van der Waals surface area contributed by atoms with Gasteiger partial charge in [0.15, 0.2) is 0 Å². The van der Waals surface area contributed by atoms with Crippen molar-refractivity contribution < 1.29 is 27.5 Å². The fourth-order valence-electron chi connectivity index (χ4n) is 2.94. The largest absolute Gasteiger partial charge is 0.497 e. The molecule has 1 aliphatic heterocycles. The van der Waals surface area contributed by atoms with E-state index in [1.54, 1.807) is 31.2 Å². The number of ether oxygens (including phenoxy) is 1. The average molecular weight is 378 g/mol. The second-order valence-electron chi connectivity index (χ2n) is 6.37. The normalized spacial score (nSPS) is 20.0. The molecule has 142 valence electrons. The number of alkyl halides is 3. The Bertz CT molecular complexity index is 863. The first kappa shape index (κ1) is 18.8. The summed E-state index contributed by atoms with van der Waals surface area (Å²) in [7, 11) is 1.52. The van der Waals surface area contributed by atoms with Crippen LogP contribution in [0.4, 0.5) is 18.0 Å². The molecule has 0 aliphatic carbocycles. The maximum Gasteiger partial charge on any atom is 0.416 e. The quantitative estimate of drug-likeness (QED) is 0.826. The zero-order valence-electron chi connectivity index (χ0n) is 14.6. The van der Waals surface area contributed by atoms with Gasteiger partial charge in [-0.3, -0.25) is 9.69 Å². The summed E-state index contributed by atoms with van der Waals surface area (Å²) in [6, 6.07) is 10.5. The third kappa shape index (κ3) is 3.47. The molecular formula is C19H17F3N2O3. The molecule has 3 amide bonds. The van der Waals surface area contributed by atoms with Gasteiger partial charge in [-0.05, 0) is 42.3 Å². The molecule has 0 bridgehead atoms. The molecule has 27 heavy (non-hydrogen) atoms. The van der Waals surface area contributed by atoms with Gasteiger partial charge in [0.1, 0.15) is 11.3 Å². The molecule has 1 atom stereocenters. The van der Waals surface area contributed by atoms with Crippen molar-refractivity contribution in [3.63, 3.8) is 0 Å².